The van der Waals surface area contributed by atoms with Gasteiger partial charge in [-0.25, -0.2) is 0 Å². The predicted molar refractivity (Wildman–Crippen MR) is 42.1 cm³/mol. The molecule has 2 nitrogen and oxygen atoms in total. The lowest BCUT2D eigenvalue weighted by Crippen LogP contribution is -2.12. The first-order valence-corrected chi connectivity index (χ1v) is 4.39. The fourth-order valence-corrected chi connectivity index (χ4v) is 1.45. The Morgan fingerprint density at radius 1 is 1.80 bits per heavy atom. The number of carbonyl (C=O) groups is 1. The molecule has 0 N–H and O–H groups in total. The van der Waals surface area contributed by atoms with Crippen LogP contribution < -0.4 is 0 Å². The molecule has 1 unspecified atom stereocenters. The molecule has 0 aromatic carbocycles. The van der Waals surface area contributed by atoms with Gasteiger partial charge in [0.1, 0.15) is 6.61 Å². The van der Waals surface area contributed by atoms with Crippen LogP contribution in [0.5, 0.6) is 0 Å². The predicted octanol–water partition coefficient (Wildman–Crippen LogP) is 1.72. The maximum absolute atomic E-state index is 10.3. The molecule has 0 aromatic heterocycles. The summed E-state index contributed by atoms with van der Waals surface area (Å²) >= 11 is 3.46. The Bertz CT molecular complexity index is 132. The maximum Gasteiger partial charge on any atom is 0.302 e. The van der Waals surface area contributed by atoms with E-state index >= 15 is 0 Å². The van der Waals surface area contributed by atoms with E-state index in [4.69, 9.17) is 4.74 Å². The van der Waals surface area contributed by atoms with Crippen molar-refractivity contribution in [1.82, 2.24) is 0 Å². The molecule has 0 spiro atoms. The minimum Gasteiger partial charge on any atom is -0.465 e. The number of carbonyl (C=O) groups excluding carboxylic acids is 1. The molecule has 1 rings (SSSR count). The van der Waals surface area contributed by atoms with Crippen LogP contribution in [0.3, 0.4) is 0 Å². The van der Waals surface area contributed by atoms with Gasteiger partial charge < -0.3 is 4.74 Å². The largest absolute Gasteiger partial charge is 0.465 e. The molecule has 0 aliphatic heterocycles. The fraction of sp³-hybridized carbons (Fsp3) is 0.857. The van der Waals surface area contributed by atoms with Crippen LogP contribution in [0.1, 0.15) is 19.8 Å². The third-order valence-electron chi connectivity index (χ3n) is 1.58. The maximum atomic E-state index is 10.3. The number of hydrogen-bond donors (Lipinski definition) is 0. The second-order valence-corrected chi connectivity index (χ2v) is 3.83. The van der Waals surface area contributed by atoms with E-state index in [2.05, 4.69) is 15.9 Å². The molecule has 1 aliphatic rings. The molecule has 0 aromatic rings. The summed E-state index contributed by atoms with van der Waals surface area (Å²) in [6.45, 7) is 1.96. The summed E-state index contributed by atoms with van der Waals surface area (Å²) < 4.78 is 4.82. The van der Waals surface area contributed by atoms with Crippen LogP contribution in [0.25, 0.3) is 0 Å². The average Bonchev–Trinajstić information content (AvgIpc) is 2.63. The van der Waals surface area contributed by atoms with E-state index in [9.17, 15) is 4.79 Å². The molecule has 1 fully saturated rings. The summed E-state index contributed by atoms with van der Waals surface area (Å²) in [6, 6.07) is 0. The second-order valence-electron chi connectivity index (χ2n) is 2.66. The highest BCUT2D eigenvalue weighted by Crippen LogP contribution is 2.36. The highest BCUT2D eigenvalue weighted by molar-refractivity contribution is 9.09. The van der Waals surface area contributed by atoms with Crippen LogP contribution in [0.2, 0.25) is 0 Å². The lowest BCUT2D eigenvalue weighted by Gasteiger charge is -2.06. The molecule has 1 atom stereocenters. The molecule has 58 valence electrons. The van der Waals surface area contributed by atoms with Crippen LogP contribution >= 0.6 is 15.9 Å². The third kappa shape index (κ3) is 2.69. The van der Waals surface area contributed by atoms with Gasteiger partial charge in [0.25, 0.3) is 0 Å². The smallest absolute Gasteiger partial charge is 0.302 e. The standard InChI is InChI=1S/C7H11BrO2/c1-5(9)10-4-7(8)6-2-3-6/h6-7H,2-4H2,1H3. The molecule has 0 bridgehead atoms. The summed E-state index contributed by atoms with van der Waals surface area (Å²) in [5, 5.41) is 0. The Labute approximate surface area is 69.1 Å². The van der Waals surface area contributed by atoms with Gasteiger partial charge in [-0.15, -0.1) is 0 Å². The van der Waals surface area contributed by atoms with Gasteiger partial charge in [-0.2, -0.15) is 0 Å². The molecule has 0 heterocycles. The van der Waals surface area contributed by atoms with Crippen molar-refractivity contribution < 1.29 is 9.53 Å². The summed E-state index contributed by atoms with van der Waals surface area (Å²) in [6.07, 6.45) is 2.55. The van der Waals surface area contributed by atoms with Crippen LogP contribution in [-0.4, -0.2) is 17.4 Å². The van der Waals surface area contributed by atoms with Crippen molar-refractivity contribution in [3.05, 3.63) is 0 Å². The summed E-state index contributed by atoms with van der Waals surface area (Å²) in [4.78, 5) is 10.7. The van der Waals surface area contributed by atoms with E-state index in [1.54, 1.807) is 0 Å². The highest BCUT2D eigenvalue weighted by Gasteiger charge is 2.29. The summed E-state index contributed by atoms with van der Waals surface area (Å²) in [7, 11) is 0. The summed E-state index contributed by atoms with van der Waals surface area (Å²) in [5.74, 6) is 0.560. The topological polar surface area (TPSA) is 26.3 Å². The van der Waals surface area contributed by atoms with Crippen LogP contribution in [0, 0.1) is 5.92 Å². The Morgan fingerprint density at radius 3 is 2.80 bits per heavy atom. The monoisotopic (exact) mass is 206 g/mol. The molecule has 1 aliphatic carbocycles. The van der Waals surface area contributed by atoms with Crippen molar-refractivity contribution in [2.45, 2.75) is 24.6 Å². The zero-order chi connectivity index (χ0) is 7.56. The minimum absolute atomic E-state index is 0.190. The molecule has 0 radical (unpaired) electrons. The zero-order valence-corrected chi connectivity index (χ0v) is 7.56. The van der Waals surface area contributed by atoms with E-state index in [1.807, 2.05) is 0 Å². The van der Waals surface area contributed by atoms with E-state index in [0.29, 0.717) is 11.4 Å². The Hall–Kier alpha value is -0.0500. The van der Waals surface area contributed by atoms with Gasteiger partial charge in [0.05, 0.1) is 4.83 Å². The number of ether oxygens (including phenoxy) is 1. The van der Waals surface area contributed by atoms with E-state index < -0.39 is 0 Å². The first kappa shape index (κ1) is 8.05. The molecule has 0 amide bonds. The van der Waals surface area contributed by atoms with Gasteiger partial charge in [0, 0.05) is 6.92 Å². The number of halogens is 1. The Balaban J connectivity index is 2.05. The van der Waals surface area contributed by atoms with Gasteiger partial charge in [0.15, 0.2) is 0 Å². The number of rotatable bonds is 3. The van der Waals surface area contributed by atoms with Crippen LogP contribution in [0.15, 0.2) is 0 Å². The average molecular weight is 207 g/mol. The first-order valence-electron chi connectivity index (χ1n) is 3.47. The quantitative estimate of drug-likeness (QED) is 0.520. The number of esters is 1. The molecular formula is C7H11BrO2. The Morgan fingerprint density at radius 2 is 2.40 bits per heavy atom. The van der Waals surface area contributed by atoms with E-state index in [-0.39, 0.29) is 5.97 Å². The van der Waals surface area contributed by atoms with Gasteiger partial charge in [-0.05, 0) is 18.8 Å². The van der Waals surface area contributed by atoms with Gasteiger partial charge in [-0.1, -0.05) is 15.9 Å². The minimum atomic E-state index is -0.190. The van der Waals surface area contributed by atoms with Crippen LogP contribution in [-0.2, 0) is 9.53 Å². The van der Waals surface area contributed by atoms with Crippen molar-refractivity contribution >= 4 is 21.9 Å². The molecule has 10 heavy (non-hydrogen) atoms. The van der Waals surface area contributed by atoms with Gasteiger partial charge in [0.2, 0.25) is 0 Å². The van der Waals surface area contributed by atoms with E-state index in [1.165, 1.54) is 19.8 Å². The molecule has 3 heteroatoms. The van der Waals surface area contributed by atoms with E-state index in [0.717, 1.165) is 5.92 Å². The number of hydrogen-bond acceptors (Lipinski definition) is 2. The summed E-state index contributed by atoms with van der Waals surface area (Å²) in [5.41, 5.74) is 0. The van der Waals surface area contributed by atoms with Gasteiger partial charge in [-0.3, -0.25) is 4.79 Å². The van der Waals surface area contributed by atoms with Crippen molar-refractivity contribution in [3.8, 4) is 0 Å². The molecule has 0 saturated heterocycles. The fourth-order valence-electron chi connectivity index (χ4n) is 0.791. The SMILES string of the molecule is CC(=O)OCC(Br)C1CC1. The van der Waals surface area contributed by atoms with Crippen LogP contribution in [0.4, 0.5) is 0 Å². The lowest BCUT2D eigenvalue weighted by atomic mass is 10.3. The van der Waals surface area contributed by atoms with Crippen molar-refractivity contribution in [2.75, 3.05) is 6.61 Å². The first-order chi connectivity index (χ1) is 4.70. The van der Waals surface area contributed by atoms with Gasteiger partial charge >= 0.3 is 5.97 Å². The third-order valence-corrected chi connectivity index (χ3v) is 2.59. The second kappa shape index (κ2) is 3.37. The van der Waals surface area contributed by atoms with Crippen molar-refractivity contribution in [2.24, 2.45) is 5.92 Å². The molecular weight excluding hydrogens is 196 g/mol. The molecule has 1 saturated carbocycles. The van der Waals surface area contributed by atoms with Crippen molar-refractivity contribution in [1.29, 1.82) is 0 Å². The highest BCUT2D eigenvalue weighted by atomic mass is 79.9. The Kier molecular flexibility index (Phi) is 2.72. The van der Waals surface area contributed by atoms with Crippen molar-refractivity contribution in [3.63, 3.8) is 0 Å². The lowest BCUT2D eigenvalue weighted by molar-refractivity contribution is -0.140. The normalized spacial score (nSPS) is 20.2. The zero-order valence-electron chi connectivity index (χ0n) is 5.97. The number of alkyl halides is 1.